The Morgan fingerprint density at radius 2 is 2.31 bits per heavy atom. The minimum absolute atomic E-state index is 0.193. The Hall–Kier alpha value is -0.650. The summed E-state index contributed by atoms with van der Waals surface area (Å²) in [5.74, 6) is -0.0889. The smallest absolute Gasteiger partial charge is 0.323 e. The van der Waals surface area contributed by atoms with Gasteiger partial charge in [-0.15, -0.1) is 0 Å². The quantitative estimate of drug-likeness (QED) is 0.536. The van der Waals surface area contributed by atoms with Crippen LogP contribution in [0.25, 0.3) is 0 Å². The van der Waals surface area contributed by atoms with E-state index in [-0.39, 0.29) is 6.61 Å². The van der Waals surface area contributed by atoms with E-state index in [1.54, 1.807) is 0 Å². The Kier molecular flexibility index (Phi) is 6.37. The molecule has 5 heteroatoms. The molecule has 1 rings (SSSR count). The zero-order valence-electron chi connectivity index (χ0n) is 9.78. The third-order valence-corrected chi connectivity index (χ3v) is 2.54. The first-order chi connectivity index (χ1) is 7.74. The number of rotatable bonds is 10. The zero-order valence-corrected chi connectivity index (χ0v) is 9.78. The van der Waals surface area contributed by atoms with Gasteiger partial charge in [-0.2, -0.15) is 0 Å². The van der Waals surface area contributed by atoms with Gasteiger partial charge in [-0.25, -0.2) is 0 Å². The normalized spacial score (nSPS) is 17.3. The fourth-order valence-corrected chi connectivity index (χ4v) is 1.37. The van der Waals surface area contributed by atoms with Crippen molar-refractivity contribution in [3.8, 4) is 0 Å². The molecule has 1 saturated carbocycles. The molecule has 0 aromatic heterocycles. The van der Waals surface area contributed by atoms with E-state index >= 15 is 0 Å². The van der Waals surface area contributed by atoms with Crippen molar-refractivity contribution in [3.05, 3.63) is 0 Å². The summed E-state index contributed by atoms with van der Waals surface area (Å²) >= 11 is 0. The maximum atomic E-state index is 10.7. The Balaban J connectivity index is 1.92. The molecule has 16 heavy (non-hydrogen) atoms. The fourth-order valence-electron chi connectivity index (χ4n) is 1.37. The summed E-state index contributed by atoms with van der Waals surface area (Å²) in [7, 11) is 1.50. The Morgan fingerprint density at radius 3 is 2.88 bits per heavy atom. The Bertz CT molecular complexity index is 206. The lowest BCUT2D eigenvalue weighted by Gasteiger charge is -2.13. The van der Waals surface area contributed by atoms with Gasteiger partial charge in [0.1, 0.15) is 6.04 Å². The predicted molar refractivity (Wildman–Crippen MR) is 59.5 cm³/mol. The highest BCUT2D eigenvalue weighted by Crippen LogP contribution is 2.28. The summed E-state index contributed by atoms with van der Waals surface area (Å²) in [6.45, 7) is 2.40. The number of hydrogen-bond acceptors (Lipinski definition) is 4. The molecule has 1 aliphatic rings. The lowest BCUT2D eigenvalue weighted by atomic mass is 10.3. The van der Waals surface area contributed by atoms with Crippen molar-refractivity contribution in [3.63, 3.8) is 0 Å². The van der Waals surface area contributed by atoms with Gasteiger partial charge in [0.2, 0.25) is 0 Å². The average Bonchev–Trinajstić information content (AvgIpc) is 3.05. The summed E-state index contributed by atoms with van der Waals surface area (Å²) in [6.07, 6.45) is 3.43. The summed E-state index contributed by atoms with van der Waals surface area (Å²) in [6, 6.07) is -0.617. The molecule has 0 amide bonds. The molecule has 1 unspecified atom stereocenters. The summed E-state index contributed by atoms with van der Waals surface area (Å²) in [5.41, 5.74) is 0. The molecule has 94 valence electrons. The molecule has 0 aliphatic heterocycles. The van der Waals surface area contributed by atoms with E-state index < -0.39 is 12.0 Å². The standard InChI is InChI=1S/C11H21NO4/c1-15-8-10(11(13)14)12-5-2-6-16-7-9-3-4-9/h9-10,12H,2-8H2,1H3,(H,13,14). The highest BCUT2D eigenvalue weighted by atomic mass is 16.5. The van der Waals surface area contributed by atoms with Crippen LogP contribution < -0.4 is 5.32 Å². The average molecular weight is 231 g/mol. The van der Waals surface area contributed by atoms with Gasteiger partial charge in [-0.3, -0.25) is 4.79 Å². The second kappa shape index (κ2) is 7.60. The van der Waals surface area contributed by atoms with Crippen molar-refractivity contribution in [2.24, 2.45) is 5.92 Å². The molecule has 5 nitrogen and oxygen atoms in total. The van der Waals surface area contributed by atoms with Crippen LogP contribution in [-0.2, 0) is 14.3 Å². The largest absolute Gasteiger partial charge is 0.480 e. The summed E-state index contributed by atoms with van der Waals surface area (Å²) in [5, 5.41) is 11.7. The van der Waals surface area contributed by atoms with E-state index in [0.717, 1.165) is 18.9 Å². The molecular weight excluding hydrogens is 210 g/mol. The maximum absolute atomic E-state index is 10.7. The van der Waals surface area contributed by atoms with Gasteiger partial charge in [0.25, 0.3) is 0 Å². The van der Waals surface area contributed by atoms with Gasteiger partial charge in [0.05, 0.1) is 6.61 Å². The number of nitrogens with one attached hydrogen (secondary N) is 1. The third kappa shape index (κ3) is 6.05. The molecule has 0 bridgehead atoms. The molecule has 1 fully saturated rings. The number of carboxylic acid groups (broad SMARTS) is 1. The number of aliphatic carboxylic acids is 1. The minimum atomic E-state index is -0.874. The van der Waals surface area contributed by atoms with Crippen LogP contribution in [0.2, 0.25) is 0 Å². The van der Waals surface area contributed by atoms with Crippen molar-refractivity contribution in [1.29, 1.82) is 0 Å². The van der Waals surface area contributed by atoms with E-state index in [1.807, 2.05) is 0 Å². The van der Waals surface area contributed by atoms with Gasteiger partial charge < -0.3 is 19.9 Å². The van der Waals surface area contributed by atoms with Crippen LogP contribution in [0.5, 0.6) is 0 Å². The summed E-state index contributed by atoms with van der Waals surface area (Å²) < 4.78 is 10.2. The van der Waals surface area contributed by atoms with Gasteiger partial charge >= 0.3 is 5.97 Å². The van der Waals surface area contributed by atoms with E-state index in [2.05, 4.69) is 5.32 Å². The van der Waals surface area contributed by atoms with Crippen LogP contribution >= 0.6 is 0 Å². The number of methoxy groups -OCH3 is 1. The van der Waals surface area contributed by atoms with Crippen molar-refractivity contribution < 1.29 is 19.4 Å². The van der Waals surface area contributed by atoms with Crippen molar-refractivity contribution in [2.45, 2.75) is 25.3 Å². The van der Waals surface area contributed by atoms with Crippen LogP contribution in [0, 0.1) is 5.92 Å². The molecule has 0 radical (unpaired) electrons. The molecule has 0 aromatic carbocycles. The Morgan fingerprint density at radius 1 is 1.56 bits per heavy atom. The van der Waals surface area contributed by atoms with Gasteiger partial charge in [0, 0.05) is 20.3 Å². The molecular formula is C11H21NO4. The number of ether oxygens (including phenoxy) is 2. The monoisotopic (exact) mass is 231 g/mol. The van der Waals surface area contributed by atoms with Crippen LogP contribution in [0.3, 0.4) is 0 Å². The number of carbonyl (C=O) groups is 1. The maximum Gasteiger partial charge on any atom is 0.323 e. The molecule has 0 saturated heterocycles. The van der Waals surface area contributed by atoms with E-state index in [9.17, 15) is 4.79 Å². The Labute approximate surface area is 96.1 Å². The van der Waals surface area contributed by atoms with Crippen molar-refractivity contribution in [2.75, 3.05) is 33.5 Å². The van der Waals surface area contributed by atoms with Crippen LogP contribution in [-0.4, -0.2) is 50.6 Å². The highest BCUT2D eigenvalue weighted by molar-refractivity contribution is 5.73. The second-order valence-corrected chi connectivity index (χ2v) is 4.17. The molecule has 1 aliphatic carbocycles. The lowest BCUT2D eigenvalue weighted by molar-refractivity contribution is -0.140. The minimum Gasteiger partial charge on any atom is -0.480 e. The van der Waals surface area contributed by atoms with Crippen molar-refractivity contribution in [1.82, 2.24) is 5.32 Å². The first kappa shape index (κ1) is 13.4. The first-order valence-corrected chi connectivity index (χ1v) is 5.77. The third-order valence-electron chi connectivity index (χ3n) is 2.54. The van der Waals surface area contributed by atoms with Gasteiger partial charge in [-0.1, -0.05) is 0 Å². The second-order valence-electron chi connectivity index (χ2n) is 4.17. The molecule has 0 heterocycles. The zero-order chi connectivity index (χ0) is 11.8. The topological polar surface area (TPSA) is 67.8 Å². The van der Waals surface area contributed by atoms with Gasteiger partial charge in [0.15, 0.2) is 0 Å². The SMILES string of the molecule is COCC(NCCCOCC1CC1)C(=O)O. The fraction of sp³-hybridized carbons (Fsp3) is 0.909. The summed E-state index contributed by atoms with van der Waals surface area (Å²) in [4.78, 5) is 10.7. The number of hydrogen-bond donors (Lipinski definition) is 2. The molecule has 1 atom stereocenters. The van der Waals surface area contributed by atoms with E-state index in [1.165, 1.54) is 20.0 Å². The van der Waals surface area contributed by atoms with Gasteiger partial charge in [-0.05, 0) is 31.7 Å². The van der Waals surface area contributed by atoms with E-state index in [0.29, 0.717) is 13.2 Å². The van der Waals surface area contributed by atoms with Crippen LogP contribution in [0.4, 0.5) is 0 Å². The molecule has 0 spiro atoms. The van der Waals surface area contributed by atoms with E-state index in [4.69, 9.17) is 14.6 Å². The predicted octanol–water partition coefficient (Wildman–Crippen LogP) is 0.492. The van der Waals surface area contributed by atoms with Crippen LogP contribution in [0.15, 0.2) is 0 Å². The van der Waals surface area contributed by atoms with Crippen molar-refractivity contribution >= 4 is 5.97 Å². The first-order valence-electron chi connectivity index (χ1n) is 5.77. The highest BCUT2D eigenvalue weighted by Gasteiger charge is 2.21. The lowest BCUT2D eigenvalue weighted by Crippen LogP contribution is -2.41. The van der Waals surface area contributed by atoms with Crippen LogP contribution in [0.1, 0.15) is 19.3 Å². The number of carboxylic acids is 1. The molecule has 2 N–H and O–H groups in total. The molecule has 0 aromatic rings.